The molecule has 1 amide bonds. The Hall–Kier alpha value is -2.08. The molecule has 1 aromatic carbocycles. The molecule has 2 rings (SSSR count). The van der Waals surface area contributed by atoms with Crippen LogP contribution in [0.25, 0.3) is 0 Å². The quantitative estimate of drug-likeness (QED) is 0.367. The van der Waals surface area contributed by atoms with E-state index in [0.29, 0.717) is 5.96 Å². The molecule has 6 heteroatoms. The summed E-state index contributed by atoms with van der Waals surface area (Å²) in [4.78, 5) is 15.9. The largest absolute Gasteiger partial charge is 0.381 e. The number of hydrogen-bond donors (Lipinski definition) is 3. The van der Waals surface area contributed by atoms with Gasteiger partial charge in [-0.2, -0.15) is 0 Å². The van der Waals surface area contributed by atoms with Gasteiger partial charge in [-0.15, -0.1) is 0 Å². The number of carbonyl (C=O) groups excluding carboxylic acids is 1. The molecule has 23 heavy (non-hydrogen) atoms. The van der Waals surface area contributed by atoms with Crippen LogP contribution in [0.5, 0.6) is 0 Å². The van der Waals surface area contributed by atoms with E-state index in [2.05, 4.69) is 20.9 Å². The molecule has 0 unspecified atom stereocenters. The number of ether oxygens (including phenoxy) is 1. The van der Waals surface area contributed by atoms with Gasteiger partial charge in [0.25, 0.3) is 0 Å². The molecule has 3 N–H and O–H groups in total. The van der Waals surface area contributed by atoms with Crippen LogP contribution >= 0.6 is 0 Å². The second-order valence-electron chi connectivity index (χ2n) is 5.64. The van der Waals surface area contributed by atoms with Gasteiger partial charge in [0, 0.05) is 32.5 Å². The lowest BCUT2D eigenvalue weighted by atomic mass is 10.3. The smallest absolute Gasteiger partial charge is 0.243 e. The van der Waals surface area contributed by atoms with Crippen LogP contribution in [-0.4, -0.2) is 45.2 Å². The number of nitrogens with one attached hydrogen (secondary N) is 3. The summed E-state index contributed by atoms with van der Waals surface area (Å²) in [6, 6.07) is 9.39. The van der Waals surface area contributed by atoms with E-state index in [1.165, 1.54) is 12.8 Å². The van der Waals surface area contributed by atoms with Crippen molar-refractivity contribution in [1.82, 2.24) is 10.6 Å². The highest BCUT2D eigenvalue weighted by atomic mass is 16.5. The van der Waals surface area contributed by atoms with Crippen LogP contribution in [0.2, 0.25) is 0 Å². The highest BCUT2D eigenvalue weighted by molar-refractivity contribution is 5.94. The van der Waals surface area contributed by atoms with Crippen molar-refractivity contribution in [2.24, 2.45) is 10.9 Å². The summed E-state index contributed by atoms with van der Waals surface area (Å²) < 4.78 is 5.57. The minimum Gasteiger partial charge on any atom is -0.381 e. The minimum atomic E-state index is -0.105. The molecule has 0 bridgehead atoms. The second kappa shape index (κ2) is 9.84. The van der Waals surface area contributed by atoms with Gasteiger partial charge in [0.2, 0.25) is 5.91 Å². The number of carbonyl (C=O) groups is 1. The summed E-state index contributed by atoms with van der Waals surface area (Å²) in [5, 5.41) is 8.98. The lowest BCUT2D eigenvalue weighted by molar-refractivity contribution is -0.115. The maximum atomic E-state index is 11.8. The average molecular weight is 318 g/mol. The Morgan fingerprint density at radius 3 is 2.74 bits per heavy atom. The van der Waals surface area contributed by atoms with Crippen molar-refractivity contribution in [3.63, 3.8) is 0 Å². The van der Waals surface area contributed by atoms with Crippen molar-refractivity contribution in [3.8, 4) is 0 Å². The van der Waals surface area contributed by atoms with E-state index < -0.39 is 0 Å². The van der Waals surface area contributed by atoms with E-state index in [9.17, 15) is 4.79 Å². The predicted molar refractivity (Wildman–Crippen MR) is 92.6 cm³/mol. The maximum Gasteiger partial charge on any atom is 0.243 e. The molecular formula is C17H26N4O2. The van der Waals surface area contributed by atoms with Crippen molar-refractivity contribution in [3.05, 3.63) is 30.3 Å². The molecule has 1 fully saturated rings. The van der Waals surface area contributed by atoms with Gasteiger partial charge in [0.1, 0.15) is 0 Å². The average Bonchev–Trinajstić information content (AvgIpc) is 3.38. The number of guanidine groups is 1. The van der Waals surface area contributed by atoms with Crippen molar-refractivity contribution in [2.45, 2.75) is 19.3 Å². The lowest BCUT2D eigenvalue weighted by Gasteiger charge is -2.12. The molecule has 0 spiro atoms. The fraction of sp³-hybridized carbons (Fsp3) is 0.529. The van der Waals surface area contributed by atoms with Crippen molar-refractivity contribution >= 4 is 17.6 Å². The lowest BCUT2D eigenvalue weighted by Crippen LogP contribution is -2.41. The van der Waals surface area contributed by atoms with E-state index in [1.54, 1.807) is 7.05 Å². The van der Waals surface area contributed by atoms with Crippen LogP contribution in [0.3, 0.4) is 0 Å². The molecule has 0 radical (unpaired) electrons. The van der Waals surface area contributed by atoms with Crippen LogP contribution in [-0.2, 0) is 9.53 Å². The number of rotatable bonds is 9. The Bertz CT molecular complexity index is 501. The monoisotopic (exact) mass is 318 g/mol. The fourth-order valence-corrected chi connectivity index (χ4v) is 2.03. The van der Waals surface area contributed by atoms with Crippen molar-refractivity contribution in [2.75, 3.05) is 38.7 Å². The molecule has 1 aromatic rings. The predicted octanol–water partition coefficient (Wildman–Crippen LogP) is 1.61. The Kier molecular flexibility index (Phi) is 7.39. The Labute approximate surface area is 137 Å². The Morgan fingerprint density at radius 2 is 2.04 bits per heavy atom. The molecule has 1 saturated carbocycles. The summed E-state index contributed by atoms with van der Waals surface area (Å²) in [5.41, 5.74) is 0.787. The molecule has 0 aromatic heterocycles. The van der Waals surface area contributed by atoms with Crippen LogP contribution in [0.1, 0.15) is 19.3 Å². The first-order valence-electron chi connectivity index (χ1n) is 8.15. The van der Waals surface area contributed by atoms with Crippen LogP contribution in [0, 0.1) is 5.92 Å². The highest BCUT2D eigenvalue weighted by Crippen LogP contribution is 2.28. The van der Waals surface area contributed by atoms with E-state index in [1.807, 2.05) is 30.3 Å². The number of amides is 1. The molecule has 126 valence electrons. The van der Waals surface area contributed by atoms with Gasteiger partial charge in [-0.05, 0) is 37.3 Å². The molecule has 0 heterocycles. The summed E-state index contributed by atoms with van der Waals surface area (Å²) in [6.45, 7) is 2.60. The molecular weight excluding hydrogens is 292 g/mol. The third-order valence-corrected chi connectivity index (χ3v) is 3.51. The molecule has 1 aliphatic carbocycles. The normalized spacial score (nSPS) is 14.4. The Morgan fingerprint density at radius 1 is 1.26 bits per heavy atom. The van der Waals surface area contributed by atoms with E-state index in [-0.39, 0.29) is 12.5 Å². The fourth-order valence-electron chi connectivity index (χ4n) is 2.03. The maximum absolute atomic E-state index is 11.8. The molecule has 0 atom stereocenters. The van der Waals surface area contributed by atoms with Gasteiger partial charge >= 0.3 is 0 Å². The zero-order valence-electron chi connectivity index (χ0n) is 13.7. The first-order chi connectivity index (χ1) is 11.3. The third-order valence-electron chi connectivity index (χ3n) is 3.51. The number of para-hydroxylation sites is 1. The number of benzene rings is 1. The molecule has 6 nitrogen and oxygen atoms in total. The van der Waals surface area contributed by atoms with Gasteiger partial charge < -0.3 is 20.7 Å². The SMILES string of the molecule is CN=C(NCCCOCC1CC1)NCC(=O)Nc1ccccc1. The van der Waals surface area contributed by atoms with E-state index >= 15 is 0 Å². The number of hydrogen-bond acceptors (Lipinski definition) is 3. The zero-order valence-corrected chi connectivity index (χ0v) is 13.7. The molecule has 0 saturated heterocycles. The summed E-state index contributed by atoms with van der Waals surface area (Å²) >= 11 is 0. The second-order valence-corrected chi connectivity index (χ2v) is 5.64. The number of anilines is 1. The molecule has 0 aliphatic heterocycles. The summed E-state index contributed by atoms with van der Waals surface area (Å²) in [6.07, 6.45) is 3.56. The first kappa shape index (κ1) is 17.3. The van der Waals surface area contributed by atoms with Gasteiger partial charge in [-0.3, -0.25) is 9.79 Å². The number of aliphatic imine (C=N–C) groups is 1. The van der Waals surface area contributed by atoms with Crippen LogP contribution < -0.4 is 16.0 Å². The van der Waals surface area contributed by atoms with Crippen molar-refractivity contribution < 1.29 is 9.53 Å². The van der Waals surface area contributed by atoms with Crippen molar-refractivity contribution in [1.29, 1.82) is 0 Å². The zero-order chi connectivity index (χ0) is 16.3. The van der Waals surface area contributed by atoms with Gasteiger partial charge in [-0.1, -0.05) is 18.2 Å². The summed E-state index contributed by atoms with van der Waals surface area (Å²) in [7, 11) is 1.69. The third kappa shape index (κ3) is 7.65. The standard InChI is InChI=1S/C17H26N4O2/c1-18-17(19-10-5-11-23-13-14-8-9-14)20-12-16(22)21-15-6-3-2-4-7-15/h2-4,6-7,14H,5,8-13H2,1H3,(H,21,22)(H2,18,19,20). The van der Waals surface area contributed by atoms with Gasteiger partial charge in [-0.25, -0.2) is 0 Å². The van der Waals surface area contributed by atoms with E-state index in [0.717, 1.165) is 37.8 Å². The van der Waals surface area contributed by atoms with Gasteiger partial charge in [0.05, 0.1) is 6.54 Å². The summed E-state index contributed by atoms with van der Waals surface area (Å²) in [5.74, 6) is 1.32. The van der Waals surface area contributed by atoms with Crippen LogP contribution in [0.4, 0.5) is 5.69 Å². The minimum absolute atomic E-state index is 0.105. The molecule has 1 aliphatic rings. The van der Waals surface area contributed by atoms with Gasteiger partial charge in [0.15, 0.2) is 5.96 Å². The topological polar surface area (TPSA) is 74.8 Å². The highest BCUT2D eigenvalue weighted by Gasteiger charge is 2.20. The van der Waals surface area contributed by atoms with E-state index in [4.69, 9.17) is 4.74 Å². The Balaban J connectivity index is 1.54. The van der Waals surface area contributed by atoms with Crippen LogP contribution in [0.15, 0.2) is 35.3 Å². The first-order valence-corrected chi connectivity index (χ1v) is 8.15. The number of nitrogens with zero attached hydrogens (tertiary/aromatic N) is 1.